The Morgan fingerprint density at radius 2 is 2.33 bits per heavy atom. The van der Waals surface area contributed by atoms with Gasteiger partial charge in [0.1, 0.15) is 5.82 Å². The Labute approximate surface area is 88.8 Å². The number of carbonyl (C=O) groups is 1. The van der Waals surface area contributed by atoms with Crippen LogP contribution in [0.4, 0.5) is 9.52 Å². The Kier molecular flexibility index (Phi) is 2.68. The smallest absolute Gasteiger partial charge is 0.259 e. The van der Waals surface area contributed by atoms with Gasteiger partial charge in [-0.2, -0.15) is 0 Å². The fraction of sp³-hybridized carbons (Fsp3) is 0. The molecule has 0 unspecified atom stereocenters. The van der Waals surface area contributed by atoms with Gasteiger partial charge in [-0.25, -0.2) is 9.37 Å². The number of hydrogen-bond donors (Lipinski definition) is 1. The standard InChI is InChI=1S/C9H6FN3OS/c10-7-3-6(4-11-5-7)8(14)13-9-12-1-2-15-9/h1-5H,(H,12,13,14). The molecule has 0 aliphatic carbocycles. The molecule has 0 aliphatic rings. The molecule has 2 aromatic heterocycles. The highest BCUT2D eigenvalue weighted by molar-refractivity contribution is 7.13. The average molecular weight is 223 g/mol. The molecule has 2 rings (SSSR count). The van der Waals surface area contributed by atoms with Gasteiger partial charge in [-0.3, -0.25) is 15.1 Å². The van der Waals surface area contributed by atoms with Crippen molar-refractivity contribution in [3.05, 3.63) is 41.4 Å². The summed E-state index contributed by atoms with van der Waals surface area (Å²) in [6.45, 7) is 0. The second-order valence-electron chi connectivity index (χ2n) is 2.68. The highest BCUT2D eigenvalue weighted by atomic mass is 32.1. The van der Waals surface area contributed by atoms with E-state index in [2.05, 4.69) is 15.3 Å². The molecule has 1 N–H and O–H groups in total. The molecule has 4 nitrogen and oxygen atoms in total. The lowest BCUT2D eigenvalue weighted by molar-refractivity contribution is 0.102. The van der Waals surface area contributed by atoms with Crippen LogP contribution in [-0.4, -0.2) is 15.9 Å². The number of aromatic nitrogens is 2. The van der Waals surface area contributed by atoms with E-state index in [1.807, 2.05) is 0 Å². The number of thiazole rings is 1. The van der Waals surface area contributed by atoms with Gasteiger partial charge < -0.3 is 0 Å². The van der Waals surface area contributed by atoms with Crippen molar-refractivity contribution in [3.8, 4) is 0 Å². The molecule has 0 saturated carbocycles. The molecular weight excluding hydrogens is 217 g/mol. The fourth-order valence-electron chi connectivity index (χ4n) is 0.990. The first kappa shape index (κ1) is 9.72. The number of halogens is 1. The highest BCUT2D eigenvalue weighted by Crippen LogP contribution is 2.12. The largest absolute Gasteiger partial charge is 0.298 e. The molecule has 2 heterocycles. The number of anilines is 1. The van der Waals surface area contributed by atoms with Gasteiger partial charge in [0.05, 0.1) is 11.8 Å². The topological polar surface area (TPSA) is 54.9 Å². The van der Waals surface area contributed by atoms with E-state index in [0.29, 0.717) is 5.13 Å². The van der Waals surface area contributed by atoms with Gasteiger partial charge in [0.25, 0.3) is 5.91 Å². The molecule has 0 spiro atoms. The summed E-state index contributed by atoms with van der Waals surface area (Å²) in [4.78, 5) is 19.0. The molecule has 0 radical (unpaired) electrons. The summed E-state index contributed by atoms with van der Waals surface area (Å²) in [6.07, 6.45) is 3.91. The third-order valence-electron chi connectivity index (χ3n) is 1.62. The third-order valence-corrected chi connectivity index (χ3v) is 2.31. The van der Waals surface area contributed by atoms with Gasteiger partial charge in [0.15, 0.2) is 5.13 Å². The van der Waals surface area contributed by atoms with Crippen LogP contribution in [0.5, 0.6) is 0 Å². The predicted molar refractivity (Wildman–Crippen MR) is 54.3 cm³/mol. The maximum absolute atomic E-state index is 12.8. The van der Waals surface area contributed by atoms with Crippen molar-refractivity contribution in [3.63, 3.8) is 0 Å². The lowest BCUT2D eigenvalue weighted by atomic mass is 10.3. The summed E-state index contributed by atoms with van der Waals surface area (Å²) in [7, 11) is 0. The maximum Gasteiger partial charge on any atom is 0.259 e. The van der Waals surface area contributed by atoms with Crippen LogP contribution in [0, 0.1) is 5.82 Å². The molecule has 0 aromatic carbocycles. The second-order valence-corrected chi connectivity index (χ2v) is 3.58. The van der Waals surface area contributed by atoms with Crippen molar-refractivity contribution in [1.29, 1.82) is 0 Å². The van der Waals surface area contributed by atoms with E-state index in [0.717, 1.165) is 12.3 Å². The molecule has 76 valence electrons. The van der Waals surface area contributed by atoms with E-state index in [1.54, 1.807) is 11.6 Å². The number of rotatable bonds is 2. The van der Waals surface area contributed by atoms with E-state index < -0.39 is 11.7 Å². The number of nitrogens with one attached hydrogen (secondary N) is 1. The zero-order chi connectivity index (χ0) is 10.7. The van der Waals surface area contributed by atoms with Crippen LogP contribution in [0.2, 0.25) is 0 Å². The first-order valence-electron chi connectivity index (χ1n) is 4.07. The minimum Gasteiger partial charge on any atom is -0.298 e. The van der Waals surface area contributed by atoms with Crippen molar-refractivity contribution < 1.29 is 9.18 Å². The van der Waals surface area contributed by atoms with Crippen molar-refractivity contribution in [1.82, 2.24) is 9.97 Å². The predicted octanol–water partition coefficient (Wildman–Crippen LogP) is 1.93. The zero-order valence-corrected chi connectivity index (χ0v) is 8.29. The minimum atomic E-state index is -0.540. The highest BCUT2D eigenvalue weighted by Gasteiger charge is 2.08. The number of nitrogens with zero attached hydrogens (tertiary/aromatic N) is 2. The number of amides is 1. The van der Waals surface area contributed by atoms with Crippen LogP contribution in [0.15, 0.2) is 30.0 Å². The Morgan fingerprint density at radius 1 is 1.47 bits per heavy atom. The van der Waals surface area contributed by atoms with Crippen molar-refractivity contribution in [2.45, 2.75) is 0 Å². The van der Waals surface area contributed by atoms with Crippen LogP contribution in [0.1, 0.15) is 10.4 Å². The molecule has 15 heavy (non-hydrogen) atoms. The monoisotopic (exact) mass is 223 g/mol. The van der Waals surface area contributed by atoms with Gasteiger partial charge in [-0.1, -0.05) is 0 Å². The van der Waals surface area contributed by atoms with E-state index >= 15 is 0 Å². The van der Waals surface area contributed by atoms with Crippen LogP contribution in [0.25, 0.3) is 0 Å². The van der Waals surface area contributed by atoms with Gasteiger partial charge in [0, 0.05) is 17.8 Å². The zero-order valence-electron chi connectivity index (χ0n) is 7.48. The van der Waals surface area contributed by atoms with Crippen molar-refractivity contribution in [2.75, 3.05) is 5.32 Å². The third kappa shape index (κ3) is 2.35. The first-order valence-corrected chi connectivity index (χ1v) is 4.95. The van der Waals surface area contributed by atoms with Gasteiger partial charge >= 0.3 is 0 Å². The van der Waals surface area contributed by atoms with Crippen LogP contribution in [0.3, 0.4) is 0 Å². The molecular formula is C9H6FN3OS. The lowest BCUT2D eigenvalue weighted by Gasteiger charge is -2.00. The maximum atomic E-state index is 12.8. The normalized spacial score (nSPS) is 9.93. The Bertz CT molecular complexity index is 472. The molecule has 1 amide bonds. The number of pyridine rings is 1. The van der Waals surface area contributed by atoms with E-state index in [-0.39, 0.29) is 5.56 Å². The van der Waals surface area contributed by atoms with E-state index in [9.17, 15) is 9.18 Å². The SMILES string of the molecule is O=C(Nc1nccs1)c1cncc(F)c1. The molecule has 6 heteroatoms. The summed E-state index contributed by atoms with van der Waals surface area (Å²) in [5, 5.41) is 4.74. The summed E-state index contributed by atoms with van der Waals surface area (Å²) in [5.41, 5.74) is 0.171. The van der Waals surface area contributed by atoms with Crippen LogP contribution in [-0.2, 0) is 0 Å². The Morgan fingerprint density at radius 3 is 3.00 bits per heavy atom. The molecule has 0 saturated heterocycles. The summed E-state index contributed by atoms with van der Waals surface area (Å²) in [6, 6.07) is 1.12. The first-order chi connectivity index (χ1) is 7.25. The molecule has 0 fully saturated rings. The van der Waals surface area contributed by atoms with Crippen molar-refractivity contribution in [2.24, 2.45) is 0 Å². The Hall–Kier alpha value is -1.82. The van der Waals surface area contributed by atoms with Gasteiger partial charge in [-0.15, -0.1) is 11.3 Å². The lowest BCUT2D eigenvalue weighted by Crippen LogP contribution is -2.12. The quantitative estimate of drug-likeness (QED) is 0.846. The molecule has 0 bridgehead atoms. The van der Waals surface area contributed by atoms with Crippen LogP contribution >= 0.6 is 11.3 Å². The molecule has 0 atom stereocenters. The van der Waals surface area contributed by atoms with Crippen molar-refractivity contribution >= 4 is 22.4 Å². The molecule has 0 aliphatic heterocycles. The van der Waals surface area contributed by atoms with Gasteiger partial charge in [0.2, 0.25) is 0 Å². The second kappa shape index (κ2) is 4.14. The van der Waals surface area contributed by atoms with E-state index in [4.69, 9.17) is 0 Å². The number of hydrogen-bond acceptors (Lipinski definition) is 4. The van der Waals surface area contributed by atoms with E-state index in [1.165, 1.54) is 17.5 Å². The molecule has 2 aromatic rings. The fourth-order valence-corrected chi connectivity index (χ4v) is 1.51. The summed E-state index contributed by atoms with van der Waals surface area (Å²) in [5.74, 6) is -0.960. The summed E-state index contributed by atoms with van der Waals surface area (Å²) >= 11 is 1.29. The summed E-state index contributed by atoms with van der Waals surface area (Å²) < 4.78 is 12.8. The van der Waals surface area contributed by atoms with Gasteiger partial charge in [-0.05, 0) is 6.07 Å². The average Bonchev–Trinajstić information content (AvgIpc) is 2.70. The minimum absolute atomic E-state index is 0.171. The Balaban J connectivity index is 2.15. The van der Waals surface area contributed by atoms with Crippen LogP contribution < -0.4 is 5.32 Å². The number of carbonyl (C=O) groups excluding carboxylic acids is 1.